The lowest BCUT2D eigenvalue weighted by Crippen LogP contribution is -2.27. The molecule has 1 heterocycles. The van der Waals surface area contributed by atoms with Crippen molar-refractivity contribution in [3.63, 3.8) is 0 Å². The van der Waals surface area contributed by atoms with Gasteiger partial charge in [0.2, 0.25) is 5.91 Å². The lowest BCUT2D eigenvalue weighted by atomic mass is 10.1. The number of benzene rings is 3. The molecule has 0 spiro atoms. The highest BCUT2D eigenvalue weighted by molar-refractivity contribution is 8.00. The van der Waals surface area contributed by atoms with Gasteiger partial charge in [-0.25, -0.2) is 0 Å². The molecule has 1 saturated heterocycles. The molecule has 5 nitrogen and oxygen atoms in total. The van der Waals surface area contributed by atoms with Crippen molar-refractivity contribution in [2.75, 3.05) is 23.1 Å². The Hall–Kier alpha value is -2.67. The van der Waals surface area contributed by atoms with Gasteiger partial charge in [0.05, 0.1) is 12.9 Å². The van der Waals surface area contributed by atoms with E-state index < -0.39 is 0 Å². The number of nitrogens with zero attached hydrogens (tertiary/aromatic N) is 1. The van der Waals surface area contributed by atoms with Gasteiger partial charge in [-0.05, 0) is 60.2 Å². The Morgan fingerprint density at radius 2 is 1.77 bits per heavy atom. The molecule has 1 N–H and O–H groups in total. The predicted molar refractivity (Wildman–Crippen MR) is 127 cm³/mol. The van der Waals surface area contributed by atoms with Crippen LogP contribution in [-0.4, -0.2) is 24.7 Å². The molecule has 1 unspecified atom stereocenters. The maximum Gasteiger partial charge on any atom is 0.255 e. The summed E-state index contributed by atoms with van der Waals surface area (Å²) in [6.07, 6.45) is 0. The van der Waals surface area contributed by atoms with Crippen LogP contribution >= 0.6 is 35.0 Å². The third-order valence-corrected chi connectivity index (χ3v) is 6.42. The SMILES string of the molecule is COc1ccc(N2C(=O)CSC2c2cccc(NC(=O)c3cc(Cl)cc(Cl)c3)c2)cc1. The standard InChI is InChI=1S/C23H18Cl2N2O3S/c1-30-20-7-5-19(6-8-20)27-21(28)13-31-23(27)14-3-2-4-18(11-14)26-22(29)15-9-16(24)12-17(25)10-15/h2-12,23H,13H2,1H3,(H,26,29). The molecule has 1 aliphatic rings. The summed E-state index contributed by atoms with van der Waals surface area (Å²) in [7, 11) is 1.60. The number of hydrogen-bond donors (Lipinski definition) is 1. The van der Waals surface area contributed by atoms with Gasteiger partial charge in [0.25, 0.3) is 5.91 Å². The number of amides is 2. The summed E-state index contributed by atoms with van der Waals surface area (Å²) < 4.78 is 5.21. The van der Waals surface area contributed by atoms with Crippen LogP contribution in [0.15, 0.2) is 66.7 Å². The summed E-state index contributed by atoms with van der Waals surface area (Å²) in [4.78, 5) is 27.0. The fraction of sp³-hybridized carbons (Fsp3) is 0.130. The summed E-state index contributed by atoms with van der Waals surface area (Å²) in [6.45, 7) is 0. The largest absolute Gasteiger partial charge is 0.497 e. The van der Waals surface area contributed by atoms with E-state index >= 15 is 0 Å². The molecule has 0 saturated carbocycles. The lowest BCUT2D eigenvalue weighted by molar-refractivity contribution is -0.115. The van der Waals surface area contributed by atoms with Gasteiger partial charge in [-0.1, -0.05) is 35.3 Å². The van der Waals surface area contributed by atoms with Gasteiger partial charge in [0.15, 0.2) is 0 Å². The number of nitrogens with one attached hydrogen (secondary N) is 1. The van der Waals surface area contributed by atoms with Crippen molar-refractivity contribution in [1.29, 1.82) is 0 Å². The van der Waals surface area contributed by atoms with E-state index in [0.717, 1.165) is 17.0 Å². The third kappa shape index (κ3) is 4.82. The Morgan fingerprint density at radius 1 is 1.06 bits per heavy atom. The van der Waals surface area contributed by atoms with Crippen LogP contribution < -0.4 is 15.0 Å². The summed E-state index contributed by atoms with van der Waals surface area (Å²) in [5.41, 5.74) is 2.69. The highest BCUT2D eigenvalue weighted by Crippen LogP contribution is 2.42. The van der Waals surface area contributed by atoms with Crippen LogP contribution in [0.2, 0.25) is 10.0 Å². The first-order valence-electron chi connectivity index (χ1n) is 9.40. The number of hydrogen-bond acceptors (Lipinski definition) is 4. The molecule has 3 aromatic rings. The summed E-state index contributed by atoms with van der Waals surface area (Å²) in [5.74, 6) is 0.825. The van der Waals surface area contributed by atoms with Gasteiger partial charge >= 0.3 is 0 Å². The number of anilines is 2. The molecule has 2 amide bonds. The molecule has 3 aromatic carbocycles. The first-order chi connectivity index (χ1) is 14.9. The van der Waals surface area contributed by atoms with Crippen molar-refractivity contribution in [1.82, 2.24) is 0 Å². The second kappa shape index (κ2) is 9.22. The normalized spacial score (nSPS) is 15.8. The summed E-state index contributed by atoms with van der Waals surface area (Å²) in [5, 5.41) is 3.46. The number of rotatable bonds is 5. The maximum absolute atomic E-state index is 12.6. The van der Waals surface area contributed by atoms with Crippen LogP contribution in [0, 0.1) is 0 Å². The minimum absolute atomic E-state index is 0.0307. The molecule has 1 fully saturated rings. The Morgan fingerprint density at radius 3 is 2.45 bits per heavy atom. The molecular weight excluding hydrogens is 455 g/mol. The number of halogens is 2. The van der Waals surface area contributed by atoms with Crippen LogP contribution in [0.5, 0.6) is 5.75 Å². The summed E-state index contributed by atoms with van der Waals surface area (Å²) >= 11 is 13.5. The zero-order valence-corrected chi connectivity index (χ0v) is 18.8. The van der Waals surface area contributed by atoms with Crippen LogP contribution in [-0.2, 0) is 4.79 Å². The lowest BCUT2D eigenvalue weighted by Gasteiger charge is -2.25. The average Bonchev–Trinajstić information content (AvgIpc) is 3.14. The average molecular weight is 473 g/mol. The van der Waals surface area contributed by atoms with Crippen molar-refractivity contribution < 1.29 is 14.3 Å². The zero-order chi connectivity index (χ0) is 22.0. The molecule has 1 atom stereocenters. The smallest absolute Gasteiger partial charge is 0.255 e. The van der Waals surface area contributed by atoms with E-state index in [9.17, 15) is 9.59 Å². The van der Waals surface area contributed by atoms with Crippen LogP contribution in [0.3, 0.4) is 0 Å². The second-order valence-electron chi connectivity index (χ2n) is 6.86. The molecule has 158 valence electrons. The quantitative estimate of drug-likeness (QED) is 0.492. The van der Waals surface area contributed by atoms with Crippen LogP contribution in [0.1, 0.15) is 21.3 Å². The van der Waals surface area contributed by atoms with Gasteiger partial charge in [0, 0.05) is 27.0 Å². The van der Waals surface area contributed by atoms with Crippen molar-refractivity contribution in [2.45, 2.75) is 5.37 Å². The van der Waals surface area contributed by atoms with E-state index in [1.54, 1.807) is 48.0 Å². The number of carbonyl (C=O) groups is 2. The minimum Gasteiger partial charge on any atom is -0.497 e. The van der Waals surface area contributed by atoms with E-state index in [0.29, 0.717) is 27.0 Å². The van der Waals surface area contributed by atoms with Gasteiger partial charge in [-0.15, -0.1) is 11.8 Å². The molecule has 0 aliphatic carbocycles. The van der Waals surface area contributed by atoms with Gasteiger partial charge in [-0.3, -0.25) is 14.5 Å². The maximum atomic E-state index is 12.6. The topological polar surface area (TPSA) is 58.6 Å². The molecule has 0 bridgehead atoms. The molecule has 8 heteroatoms. The third-order valence-electron chi connectivity index (χ3n) is 4.77. The van der Waals surface area contributed by atoms with E-state index in [2.05, 4.69) is 5.32 Å². The molecule has 4 rings (SSSR count). The van der Waals surface area contributed by atoms with Crippen molar-refractivity contribution in [3.05, 3.63) is 87.9 Å². The number of ether oxygens (including phenoxy) is 1. The fourth-order valence-electron chi connectivity index (χ4n) is 3.35. The Balaban J connectivity index is 1.57. The summed E-state index contributed by atoms with van der Waals surface area (Å²) in [6, 6.07) is 19.5. The van der Waals surface area contributed by atoms with Gasteiger partial charge < -0.3 is 10.1 Å². The van der Waals surface area contributed by atoms with E-state index in [-0.39, 0.29) is 17.2 Å². The molecule has 1 aliphatic heterocycles. The molecular formula is C23H18Cl2N2O3S. The van der Waals surface area contributed by atoms with E-state index in [4.69, 9.17) is 27.9 Å². The van der Waals surface area contributed by atoms with Crippen molar-refractivity contribution in [3.8, 4) is 5.75 Å². The molecule has 31 heavy (non-hydrogen) atoms. The minimum atomic E-state index is -0.316. The Bertz CT molecular complexity index is 1120. The molecule has 0 radical (unpaired) electrons. The van der Waals surface area contributed by atoms with Gasteiger partial charge in [-0.2, -0.15) is 0 Å². The predicted octanol–water partition coefficient (Wildman–Crippen LogP) is 6.03. The van der Waals surface area contributed by atoms with Crippen LogP contribution in [0.25, 0.3) is 0 Å². The van der Waals surface area contributed by atoms with Crippen molar-refractivity contribution in [2.24, 2.45) is 0 Å². The highest BCUT2D eigenvalue weighted by atomic mass is 35.5. The Labute approximate surface area is 194 Å². The Kier molecular flexibility index (Phi) is 6.41. The highest BCUT2D eigenvalue weighted by Gasteiger charge is 2.34. The monoisotopic (exact) mass is 472 g/mol. The fourth-order valence-corrected chi connectivity index (χ4v) is 5.04. The first kappa shape index (κ1) is 21.6. The number of methoxy groups -OCH3 is 1. The van der Waals surface area contributed by atoms with Crippen molar-refractivity contribution >= 4 is 58.2 Å². The number of carbonyl (C=O) groups excluding carboxylic acids is 2. The molecule has 0 aromatic heterocycles. The van der Waals surface area contributed by atoms with E-state index in [1.807, 2.05) is 42.5 Å². The second-order valence-corrected chi connectivity index (χ2v) is 8.80. The van der Waals surface area contributed by atoms with Crippen LogP contribution in [0.4, 0.5) is 11.4 Å². The van der Waals surface area contributed by atoms with E-state index in [1.165, 1.54) is 0 Å². The zero-order valence-electron chi connectivity index (χ0n) is 16.5. The van der Waals surface area contributed by atoms with Gasteiger partial charge in [0.1, 0.15) is 11.1 Å². The first-order valence-corrected chi connectivity index (χ1v) is 11.2. The number of thioether (sulfide) groups is 1.